The summed E-state index contributed by atoms with van der Waals surface area (Å²) in [5.74, 6) is 0.0337. The molecule has 0 radical (unpaired) electrons. The SMILES string of the molecule is CS(=O)(=O)Nc1ccc(NC(=O)c2nc(N3CCCC3)ncc2Cl)cc1. The third-order valence-corrected chi connectivity index (χ3v) is 4.66. The van der Waals surface area contributed by atoms with Crippen LogP contribution in [0.1, 0.15) is 23.3 Å². The van der Waals surface area contributed by atoms with E-state index in [1.807, 2.05) is 4.90 Å². The average molecular weight is 396 g/mol. The van der Waals surface area contributed by atoms with Gasteiger partial charge in [0, 0.05) is 24.5 Å². The molecule has 0 atom stereocenters. The van der Waals surface area contributed by atoms with E-state index in [4.69, 9.17) is 11.6 Å². The third kappa shape index (κ3) is 4.61. The van der Waals surface area contributed by atoms with E-state index in [-0.39, 0.29) is 10.7 Å². The molecule has 10 heteroatoms. The van der Waals surface area contributed by atoms with Crippen LogP contribution in [-0.2, 0) is 10.0 Å². The lowest BCUT2D eigenvalue weighted by atomic mass is 10.2. The van der Waals surface area contributed by atoms with Crippen LogP contribution >= 0.6 is 11.6 Å². The van der Waals surface area contributed by atoms with Crippen LogP contribution in [0.4, 0.5) is 17.3 Å². The number of aromatic nitrogens is 2. The molecule has 1 aliphatic rings. The van der Waals surface area contributed by atoms with Gasteiger partial charge in [0.2, 0.25) is 16.0 Å². The molecule has 1 aromatic heterocycles. The first kappa shape index (κ1) is 18.4. The van der Waals surface area contributed by atoms with Crippen LogP contribution in [-0.4, -0.2) is 43.6 Å². The summed E-state index contributed by atoms with van der Waals surface area (Å²) in [7, 11) is -3.35. The van der Waals surface area contributed by atoms with Crippen LogP contribution in [0, 0.1) is 0 Å². The monoisotopic (exact) mass is 395 g/mol. The summed E-state index contributed by atoms with van der Waals surface area (Å²) in [6, 6.07) is 6.27. The Hall–Kier alpha value is -2.39. The highest BCUT2D eigenvalue weighted by Gasteiger charge is 2.19. The molecule has 2 aromatic rings. The van der Waals surface area contributed by atoms with Crippen molar-refractivity contribution in [3.8, 4) is 0 Å². The molecule has 1 saturated heterocycles. The molecular formula is C16H18ClN5O3S. The Labute approximate surface area is 156 Å². The number of hydrogen-bond acceptors (Lipinski definition) is 6. The van der Waals surface area contributed by atoms with Gasteiger partial charge >= 0.3 is 0 Å². The summed E-state index contributed by atoms with van der Waals surface area (Å²) < 4.78 is 24.8. The zero-order chi connectivity index (χ0) is 18.7. The number of anilines is 3. The summed E-state index contributed by atoms with van der Waals surface area (Å²) in [6.45, 7) is 1.72. The second kappa shape index (κ2) is 7.46. The first-order valence-corrected chi connectivity index (χ1v) is 10.3. The van der Waals surface area contributed by atoms with Gasteiger partial charge in [0.25, 0.3) is 5.91 Å². The number of rotatable bonds is 5. The molecule has 1 fully saturated rings. The number of sulfonamides is 1. The van der Waals surface area contributed by atoms with Crippen LogP contribution in [0.2, 0.25) is 5.02 Å². The standard InChI is InChI=1S/C16H18ClN5O3S/c1-26(24,25)21-12-6-4-11(5-7-12)19-15(23)14-13(17)10-18-16(20-14)22-8-2-3-9-22/h4-7,10,21H,2-3,8-9H2,1H3,(H,19,23). The summed E-state index contributed by atoms with van der Waals surface area (Å²) in [4.78, 5) is 23.0. The minimum Gasteiger partial charge on any atom is -0.341 e. The third-order valence-electron chi connectivity index (χ3n) is 3.78. The van der Waals surface area contributed by atoms with Gasteiger partial charge in [-0.25, -0.2) is 18.4 Å². The molecule has 0 unspecified atom stereocenters. The molecule has 0 saturated carbocycles. The molecule has 3 rings (SSSR count). The quantitative estimate of drug-likeness (QED) is 0.805. The summed E-state index contributed by atoms with van der Waals surface area (Å²) >= 11 is 6.08. The number of amides is 1. The molecule has 2 N–H and O–H groups in total. The molecule has 1 aliphatic heterocycles. The molecule has 0 aliphatic carbocycles. The van der Waals surface area contributed by atoms with E-state index in [9.17, 15) is 13.2 Å². The Bertz CT molecular complexity index is 912. The lowest BCUT2D eigenvalue weighted by Gasteiger charge is -2.16. The van der Waals surface area contributed by atoms with E-state index in [1.165, 1.54) is 6.20 Å². The number of benzene rings is 1. The number of carbonyl (C=O) groups is 1. The highest BCUT2D eigenvalue weighted by atomic mass is 35.5. The first-order chi connectivity index (χ1) is 12.3. The first-order valence-electron chi connectivity index (χ1n) is 7.98. The fourth-order valence-electron chi connectivity index (χ4n) is 2.61. The maximum absolute atomic E-state index is 12.5. The highest BCUT2D eigenvalue weighted by Crippen LogP contribution is 2.21. The van der Waals surface area contributed by atoms with E-state index in [0.717, 1.165) is 32.2 Å². The molecular weight excluding hydrogens is 378 g/mol. The van der Waals surface area contributed by atoms with Crippen molar-refractivity contribution < 1.29 is 13.2 Å². The predicted molar refractivity (Wildman–Crippen MR) is 101 cm³/mol. The second-order valence-electron chi connectivity index (χ2n) is 5.97. The number of nitrogens with one attached hydrogen (secondary N) is 2. The molecule has 8 nitrogen and oxygen atoms in total. The van der Waals surface area contributed by atoms with Gasteiger partial charge in [0.15, 0.2) is 5.69 Å². The molecule has 0 spiro atoms. The Morgan fingerprint density at radius 3 is 2.38 bits per heavy atom. The van der Waals surface area contributed by atoms with Crippen molar-refractivity contribution in [1.29, 1.82) is 0 Å². The lowest BCUT2D eigenvalue weighted by Crippen LogP contribution is -2.23. The Balaban J connectivity index is 1.74. The fraction of sp³-hybridized carbons (Fsp3) is 0.312. The summed E-state index contributed by atoms with van der Waals surface area (Å²) in [6.07, 6.45) is 4.64. The van der Waals surface area contributed by atoms with E-state index < -0.39 is 15.9 Å². The smallest absolute Gasteiger partial charge is 0.276 e. The van der Waals surface area contributed by atoms with Gasteiger partial charge in [-0.2, -0.15) is 0 Å². The van der Waals surface area contributed by atoms with Crippen LogP contribution in [0.5, 0.6) is 0 Å². The largest absolute Gasteiger partial charge is 0.341 e. The number of carbonyl (C=O) groups excluding carboxylic acids is 1. The average Bonchev–Trinajstić information content (AvgIpc) is 3.10. The predicted octanol–water partition coefficient (Wildman–Crippen LogP) is 2.35. The Morgan fingerprint density at radius 2 is 1.77 bits per heavy atom. The van der Waals surface area contributed by atoms with Gasteiger partial charge in [0.05, 0.1) is 17.5 Å². The second-order valence-corrected chi connectivity index (χ2v) is 8.12. The van der Waals surface area contributed by atoms with Crippen molar-refractivity contribution in [3.05, 3.63) is 41.2 Å². The van der Waals surface area contributed by atoms with Crippen LogP contribution in [0.25, 0.3) is 0 Å². The number of halogens is 1. The fourth-order valence-corrected chi connectivity index (χ4v) is 3.35. The van der Waals surface area contributed by atoms with Crippen LogP contribution < -0.4 is 14.9 Å². The van der Waals surface area contributed by atoms with Gasteiger partial charge in [-0.15, -0.1) is 0 Å². The van der Waals surface area contributed by atoms with Crippen LogP contribution in [0.15, 0.2) is 30.5 Å². The summed E-state index contributed by atoms with van der Waals surface area (Å²) in [5, 5.41) is 2.86. The minimum atomic E-state index is -3.35. The van der Waals surface area contributed by atoms with Gasteiger partial charge in [-0.3, -0.25) is 9.52 Å². The zero-order valence-corrected chi connectivity index (χ0v) is 15.6. The van der Waals surface area contributed by atoms with Crippen molar-refractivity contribution >= 4 is 44.9 Å². The minimum absolute atomic E-state index is 0.0990. The van der Waals surface area contributed by atoms with Gasteiger partial charge in [0.1, 0.15) is 0 Å². The van der Waals surface area contributed by atoms with E-state index >= 15 is 0 Å². The molecule has 1 aromatic carbocycles. The van der Waals surface area contributed by atoms with Gasteiger partial charge in [-0.05, 0) is 37.1 Å². The van der Waals surface area contributed by atoms with Crippen molar-refractivity contribution in [3.63, 3.8) is 0 Å². The molecule has 26 heavy (non-hydrogen) atoms. The van der Waals surface area contributed by atoms with Gasteiger partial charge < -0.3 is 10.2 Å². The molecule has 2 heterocycles. The van der Waals surface area contributed by atoms with Crippen molar-refractivity contribution in [2.24, 2.45) is 0 Å². The van der Waals surface area contributed by atoms with Crippen LogP contribution in [0.3, 0.4) is 0 Å². The number of nitrogens with zero attached hydrogens (tertiary/aromatic N) is 3. The molecule has 138 valence electrons. The van der Waals surface area contributed by atoms with E-state index in [1.54, 1.807) is 24.3 Å². The van der Waals surface area contributed by atoms with Crippen molar-refractivity contribution in [1.82, 2.24) is 9.97 Å². The molecule has 0 bridgehead atoms. The zero-order valence-electron chi connectivity index (χ0n) is 14.1. The summed E-state index contributed by atoms with van der Waals surface area (Å²) in [5.41, 5.74) is 0.996. The molecule has 1 amide bonds. The Morgan fingerprint density at radius 1 is 1.15 bits per heavy atom. The van der Waals surface area contributed by atoms with Gasteiger partial charge in [-0.1, -0.05) is 11.6 Å². The highest BCUT2D eigenvalue weighted by molar-refractivity contribution is 7.92. The maximum Gasteiger partial charge on any atom is 0.276 e. The normalized spacial score (nSPS) is 14.3. The lowest BCUT2D eigenvalue weighted by molar-refractivity contribution is 0.102. The topological polar surface area (TPSA) is 104 Å². The maximum atomic E-state index is 12.5. The van der Waals surface area contributed by atoms with Crippen molar-refractivity contribution in [2.75, 3.05) is 34.3 Å². The van der Waals surface area contributed by atoms with E-state index in [2.05, 4.69) is 20.0 Å². The number of hydrogen-bond donors (Lipinski definition) is 2. The van der Waals surface area contributed by atoms with E-state index in [0.29, 0.717) is 17.3 Å². The van der Waals surface area contributed by atoms with Crippen molar-refractivity contribution in [2.45, 2.75) is 12.8 Å². The Kier molecular flexibility index (Phi) is 5.28.